The number of furan rings is 1. The van der Waals surface area contributed by atoms with E-state index in [0.29, 0.717) is 16.3 Å². The van der Waals surface area contributed by atoms with Crippen LogP contribution in [0.2, 0.25) is 0 Å². The Kier molecular flexibility index (Phi) is 4.37. The number of likely N-dealkylation sites (tertiary alicyclic amines) is 1. The number of imidazole rings is 1. The zero-order valence-corrected chi connectivity index (χ0v) is 15.7. The van der Waals surface area contributed by atoms with Crippen LogP contribution in [0, 0.1) is 12.8 Å². The number of aromatic nitrogens is 2. The monoisotopic (exact) mass is 401 g/mol. The topological polar surface area (TPSA) is 51.3 Å². The summed E-state index contributed by atoms with van der Waals surface area (Å²) in [4.78, 5) is 19.0. The summed E-state index contributed by atoms with van der Waals surface area (Å²) < 4.78 is 8.29. The van der Waals surface area contributed by atoms with Crippen LogP contribution in [-0.4, -0.2) is 33.4 Å². The molecule has 3 heterocycles. The van der Waals surface area contributed by atoms with Crippen LogP contribution < -0.4 is 0 Å². The molecule has 0 radical (unpaired) electrons. The summed E-state index contributed by atoms with van der Waals surface area (Å²) in [6.07, 6.45) is 2.00. The molecule has 1 aliphatic heterocycles. The van der Waals surface area contributed by atoms with E-state index in [1.807, 2.05) is 11.0 Å². The molecule has 1 amide bonds. The zero-order valence-electron chi connectivity index (χ0n) is 14.1. The van der Waals surface area contributed by atoms with Crippen LogP contribution in [0.4, 0.5) is 0 Å². The quantitative estimate of drug-likeness (QED) is 0.658. The first-order valence-corrected chi connectivity index (χ1v) is 9.37. The predicted molar refractivity (Wildman–Crippen MR) is 99.5 cm³/mol. The van der Waals surface area contributed by atoms with Gasteiger partial charge in [0.05, 0.1) is 11.0 Å². The van der Waals surface area contributed by atoms with Crippen LogP contribution in [-0.2, 0) is 6.54 Å². The predicted octanol–water partition coefficient (Wildman–Crippen LogP) is 4.25. The highest BCUT2D eigenvalue weighted by Gasteiger charge is 2.26. The van der Waals surface area contributed by atoms with E-state index in [2.05, 4.69) is 50.6 Å². The lowest BCUT2D eigenvalue weighted by Gasteiger charge is -2.32. The molecule has 0 saturated carbocycles. The summed E-state index contributed by atoms with van der Waals surface area (Å²) in [5.74, 6) is 2.00. The summed E-state index contributed by atoms with van der Waals surface area (Å²) in [6, 6.07) is 11.7. The lowest BCUT2D eigenvalue weighted by atomic mass is 9.96. The van der Waals surface area contributed by atoms with Crippen LogP contribution in [0.25, 0.3) is 11.0 Å². The summed E-state index contributed by atoms with van der Waals surface area (Å²) >= 11 is 3.25. The molecular formula is C19H20BrN3O2. The Morgan fingerprint density at radius 3 is 2.72 bits per heavy atom. The average Bonchev–Trinajstić information content (AvgIpc) is 3.19. The van der Waals surface area contributed by atoms with E-state index in [1.54, 1.807) is 12.1 Å². The van der Waals surface area contributed by atoms with Gasteiger partial charge in [-0.25, -0.2) is 4.98 Å². The van der Waals surface area contributed by atoms with Crippen molar-refractivity contribution in [3.63, 3.8) is 0 Å². The highest BCUT2D eigenvalue weighted by Crippen LogP contribution is 2.25. The molecule has 0 atom stereocenters. The summed E-state index contributed by atoms with van der Waals surface area (Å²) in [5, 5.41) is 0. The van der Waals surface area contributed by atoms with Gasteiger partial charge in [-0.3, -0.25) is 4.79 Å². The fourth-order valence-electron chi connectivity index (χ4n) is 3.59. The van der Waals surface area contributed by atoms with Crippen molar-refractivity contribution in [1.82, 2.24) is 14.5 Å². The molecular weight excluding hydrogens is 382 g/mol. The highest BCUT2D eigenvalue weighted by atomic mass is 79.9. The van der Waals surface area contributed by atoms with E-state index < -0.39 is 0 Å². The van der Waals surface area contributed by atoms with Gasteiger partial charge < -0.3 is 13.9 Å². The number of piperidine rings is 1. The number of halogens is 1. The number of rotatable bonds is 3. The van der Waals surface area contributed by atoms with Crippen molar-refractivity contribution in [1.29, 1.82) is 0 Å². The smallest absolute Gasteiger partial charge is 0.289 e. The first kappa shape index (κ1) is 16.4. The Morgan fingerprint density at radius 1 is 1.24 bits per heavy atom. The van der Waals surface area contributed by atoms with Crippen molar-refractivity contribution >= 4 is 32.9 Å². The first-order chi connectivity index (χ1) is 12.1. The highest BCUT2D eigenvalue weighted by molar-refractivity contribution is 9.10. The molecule has 5 nitrogen and oxygen atoms in total. The summed E-state index contributed by atoms with van der Waals surface area (Å²) in [7, 11) is 0. The van der Waals surface area contributed by atoms with Crippen LogP contribution in [0.3, 0.4) is 0 Å². The SMILES string of the molecule is Cc1nc2ccccc2n1CC1CCN(C(=O)c2ccc(Br)o2)CC1. The van der Waals surface area contributed by atoms with Crippen molar-refractivity contribution < 1.29 is 9.21 Å². The fraction of sp³-hybridized carbons (Fsp3) is 0.368. The molecule has 0 spiro atoms. The zero-order chi connectivity index (χ0) is 17.4. The van der Waals surface area contributed by atoms with Gasteiger partial charge in [-0.05, 0) is 65.9 Å². The van der Waals surface area contributed by atoms with Gasteiger partial charge in [0.2, 0.25) is 0 Å². The maximum atomic E-state index is 12.5. The Balaban J connectivity index is 1.42. The molecule has 25 heavy (non-hydrogen) atoms. The van der Waals surface area contributed by atoms with Gasteiger partial charge in [-0.15, -0.1) is 0 Å². The Labute approximate surface area is 154 Å². The summed E-state index contributed by atoms with van der Waals surface area (Å²) in [6.45, 7) is 4.56. The van der Waals surface area contributed by atoms with Crippen LogP contribution in [0.15, 0.2) is 45.5 Å². The molecule has 3 aromatic rings. The van der Waals surface area contributed by atoms with Gasteiger partial charge in [-0.2, -0.15) is 0 Å². The van der Waals surface area contributed by atoms with E-state index in [1.165, 1.54) is 5.52 Å². The third-order valence-electron chi connectivity index (χ3n) is 4.97. The molecule has 2 aromatic heterocycles. The molecule has 1 aliphatic rings. The Hall–Kier alpha value is -2.08. The average molecular weight is 402 g/mol. The lowest BCUT2D eigenvalue weighted by molar-refractivity contribution is 0.0649. The van der Waals surface area contributed by atoms with Gasteiger partial charge in [0, 0.05) is 19.6 Å². The number of para-hydroxylation sites is 2. The van der Waals surface area contributed by atoms with Crippen molar-refractivity contribution in [2.75, 3.05) is 13.1 Å². The minimum Gasteiger partial charge on any atom is -0.444 e. The molecule has 0 aliphatic carbocycles. The molecule has 0 N–H and O–H groups in total. The third-order valence-corrected chi connectivity index (χ3v) is 5.40. The minimum atomic E-state index is -0.0200. The number of aryl methyl sites for hydroxylation is 1. The number of hydrogen-bond acceptors (Lipinski definition) is 3. The molecule has 0 unspecified atom stereocenters. The molecule has 0 bridgehead atoms. The lowest BCUT2D eigenvalue weighted by Crippen LogP contribution is -2.39. The standard InChI is InChI=1S/C19H20BrN3O2/c1-13-21-15-4-2-3-5-16(15)23(13)12-14-8-10-22(11-9-14)19(24)17-6-7-18(20)25-17/h2-7,14H,8-12H2,1H3. The van der Waals surface area contributed by atoms with Crippen molar-refractivity contribution in [2.24, 2.45) is 5.92 Å². The summed E-state index contributed by atoms with van der Waals surface area (Å²) in [5.41, 5.74) is 2.25. The second kappa shape index (κ2) is 6.67. The van der Waals surface area contributed by atoms with Crippen LogP contribution in [0.1, 0.15) is 29.2 Å². The van der Waals surface area contributed by atoms with Crippen LogP contribution >= 0.6 is 15.9 Å². The molecule has 1 fully saturated rings. The Morgan fingerprint density at radius 2 is 2.00 bits per heavy atom. The van der Waals surface area contributed by atoms with E-state index in [0.717, 1.165) is 43.8 Å². The largest absolute Gasteiger partial charge is 0.444 e. The molecule has 4 rings (SSSR count). The van der Waals surface area contributed by atoms with Gasteiger partial charge in [0.1, 0.15) is 5.82 Å². The molecule has 130 valence electrons. The maximum absolute atomic E-state index is 12.5. The second-order valence-corrected chi connectivity index (χ2v) is 7.38. The first-order valence-electron chi connectivity index (χ1n) is 8.58. The van der Waals surface area contributed by atoms with Gasteiger partial charge in [0.25, 0.3) is 5.91 Å². The number of benzene rings is 1. The van der Waals surface area contributed by atoms with E-state index >= 15 is 0 Å². The number of fused-ring (bicyclic) bond motifs is 1. The minimum absolute atomic E-state index is 0.0200. The third kappa shape index (κ3) is 3.23. The fourth-order valence-corrected chi connectivity index (χ4v) is 3.89. The number of nitrogens with zero attached hydrogens (tertiary/aromatic N) is 3. The normalized spacial score (nSPS) is 15.8. The van der Waals surface area contributed by atoms with Gasteiger partial charge >= 0.3 is 0 Å². The van der Waals surface area contributed by atoms with Crippen molar-refractivity contribution in [2.45, 2.75) is 26.3 Å². The number of carbonyl (C=O) groups excluding carboxylic acids is 1. The molecule has 6 heteroatoms. The van der Waals surface area contributed by atoms with Gasteiger partial charge in [-0.1, -0.05) is 12.1 Å². The number of hydrogen-bond donors (Lipinski definition) is 0. The van der Waals surface area contributed by atoms with Crippen LogP contribution in [0.5, 0.6) is 0 Å². The number of carbonyl (C=O) groups is 1. The van der Waals surface area contributed by atoms with E-state index in [9.17, 15) is 4.79 Å². The Bertz CT molecular complexity index is 906. The van der Waals surface area contributed by atoms with Gasteiger partial charge in [0.15, 0.2) is 10.4 Å². The number of amides is 1. The second-order valence-electron chi connectivity index (χ2n) is 6.60. The van der Waals surface area contributed by atoms with E-state index in [-0.39, 0.29) is 5.91 Å². The molecule has 1 aromatic carbocycles. The molecule has 1 saturated heterocycles. The maximum Gasteiger partial charge on any atom is 0.289 e. The van der Waals surface area contributed by atoms with Crippen molar-refractivity contribution in [3.05, 3.63) is 52.7 Å². The van der Waals surface area contributed by atoms with Crippen molar-refractivity contribution in [3.8, 4) is 0 Å². The van der Waals surface area contributed by atoms with E-state index in [4.69, 9.17) is 4.42 Å².